The van der Waals surface area contributed by atoms with Crippen LogP contribution < -0.4 is 0 Å². The Morgan fingerprint density at radius 2 is 1.71 bits per heavy atom. The Balaban J connectivity index is 2.28. The third-order valence-electron chi connectivity index (χ3n) is 3.00. The number of hydrogen-bond acceptors (Lipinski definition) is 7. The Kier molecular flexibility index (Phi) is 4.69. The minimum Gasteiger partial charge on any atom is -0.479 e. The summed E-state index contributed by atoms with van der Waals surface area (Å²) in [7, 11) is 0. The maximum absolute atomic E-state index is 9.70. The number of aromatic nitrogens is 1. The molecule has 0 radical (unpaired) electrons. The van der Waals surface area contributed by atoms with Crippen LogP contribution in [0.3, 0.4) is 0 Å². The number of rotatable bonds is 6. The molecule has 0 fully saturated rings. The zero-order valence-corrected chi connectivity index (χ0v) is 11.2. The van der Waals surface area contributed by atoms with E-state index in [0.29, 0.717) is 5.56 Å². The quantitative estimate of drug-likeness (QED) is 0.564. The first-order valence-electron chi connectivity index (χ1n) is 6.27. The Morgan fingerprint density at radius 1 is 1.10 bits per heavy atom. The molecule has 112 valence electrons. The van der Waals surface area contributed by atoms with Crippen molar-refractivity contribution in [1.29, 1.82) is 0 Å². The van der Waals surface area contributed by atoms with Crippen LogP contribution in [0.2, 0.25) is 0 Å². The van der Waals surface area contributed by atoms with Gasteiger partial charge in [0.05, 0.1) is 26.0 Å². The molecule has 2 rings (SSSR count). The molecule has 0 saturated heterocycles. The summed E-state index contributed by atoms with van der Waals surface area (Å²) in [4.78, 5) is 7.97. The van der Waals surface area contributed by atoms with E-state index in [1.807, 2.05) is 6.07 Å². The van der Waals surface area contributed by atoms with Crippen molar-refractivity contribution >= 4 is 6.21 Å². The van der Waals surface area contributed by atoms with Crippen molar-refractivity contribution in [1.82, 2.24) is 4.98 Å². The summed E-state index contributed by atoms with van der Waals surface area (Å²) in [6.45, 7) is -1.62. The summed E-state index contributed by atoms with van der Waals surface area (Å²) < 4.78 is 5.13. The Labute approximate surface area is 120 Å². The molecule has 0 atom stereocenters. The number of aliphatic imine (C=N–C) groups is 1. The fourth-order valence-electron chi connectivity index (χ4n) is 1.58. The van der Waals surface area contributed by atoms with Crippen molar-refractivity contribution in [3.05, 3.63) is 36.0 Å². The first-order chi connectivity index (χ1) is 10.1. The first-order valence-corrected chi connectivity index (χ1v) is 6.27. The summed E-state index contributed by atoms with van der Waals surface area (Å²) >= 11 is 0. The van der Waals surface area contributed by atoms with Gasteiger partial charge in [0.2, 0.25) is 5.89 Å². The average Bonchev–Trinajstić information content (AvgIpc) is 2.91. The second kappa shape index (κ2) is 6.49. The molecule has 7 heteroatoms. The van der Waals surface area contributed by atoms with Gasteiger partial charge in [0, 0.05) is 5.56 Å². The van der Waals surface area contributed by atoms with E-state index in [4.69, 9.17) is 19.7 Å². The lowest BCUT2D eigenvalue weighted by molar-refractivity contribution is 0.0718. The number of aliphatic hydroxyl groups is 3. The lowest BCUT2D eigenvalue weighted by Crippen LogP contribution is -2.39. The molecular formula is C14H16N2O5. The molecule has 0 aliphatic carbocycles. The largest absolute Gasteiger partial charge is 0.479 e. The number of aromatic hydroxyl groups is 1. The van der Waals surface area contributed by atoms with E-state index >= 15 is 0 Å². The SMILES string of the molecule is OCC(CO)(CO)N=Cc1nc(-c2ccccc2)oc1O. The summed E-state index contributed by atoms with van der Waals surface area (Å²) in [5, 5.41) is 37.2. The first kappa shape index (κ1) is 15.2. The highest BCUT2D eigenvalue weighted by molar-refractivity contribution is 5.81. The van der Waals surface area contributed by atoms with Gasteiger partial charge in [-0.1, -0.05) is 18.2 Å². The monoisotopic (exact) mass is 292 g/mol. The second-order valence-electron chi connectivity index (χ2n) is 4.53. The molecule has 0 amide bonds. The van der Waals surface area contributed by atoms with E-state index in [0.717, 1.165) is 6.21 Å². The van der Waals surface area contributed by atoms with Crippen LogP contribution in [0, 0.1) is 0 Å². The van der Waals surface area contributed by atoms with Crippen molar-refractivity contribution in [3.63, 3.8) is 0 Å². The van der Waals surface area contributed by atoms with Gasteiger partial charge >= 0.3 is 5.95 Å². The molecule has 4 N–H and O–H groups in total. The van der Waals surface area contributed by atoms with Crippen molar-refractivity contribution in [2.75, 3.05) is 19.8 Å². The number of nitrogens with zero attached hydrogens (tertiary/aromatic N) is 2. The maximum Gasteiger partial charge on any atom is 0.312 e. The Bertz CT molecular complexity index is 597. The van der Waals surface area contributed by atoms with Gasteiger partial charge < -0.3 is 24.8 Å². The van der Waals surface area contributed by atoms with Crippen molar-refractivity contribution in [2.45, 2.75) is 5.54 Å². The molecule has 21 heavy (non-hydrogen) atoms. The van der Waals surface area contributed by atoms with Gasteiger partial charge in [-0.2, -0.15) is 0 Å². The summed E-state index contributed by atoms with van der Waals surface area (Å²) in [5.41, 5.74) is -0.683. The zero-order chi connectivity index (χ0) is 15.3. The van der Waals surface area contributed by atoms with Gasteiger partial charge in [-0.25, -0.2) is 4.98 Å². The molecule has 2 aromatic rings. The van der Waals surface area contributed by atoms with Crippen LogP contribution in [0.5, 0.6) is 5.95 Å². The average molecular weight is 292 g/mol. The van der Waals surface area contributed by atoms with Crippen molar-refractivity contribution in [2.24, 2.45) is 4.99 Å². The highest BCUT2D eigenvalue weighted by Crippen LogP contribution is 2.25. The number of hydrogen-bond donors (Lipinski definition) is 4. The maximum atomic E-state index is 9.70. The highest BCUT2D eigenvalue weighted by atomic mass is 16.5. The number of oxazole rings is 1. The van der Waals surface area contributed by atoms with Gasteiger partial charge in [0.25, 0.3) is 0 Å². The predicted octanol–water partition coefficient (Wildman–Crippen LogP) is 0.182. The third kappa shape index (κ3) is 3.27. The predicted molar refractivity (Wildman–Crippen MR) is 75.2 cm³/mol. The standard InChI is InChI=1S/C14H16N2O5/c17-7-14(8-18,9-19)15-6-11-13(20)21-12(16-11)10-4-2-1-3-5-10/h1-6,17-20H,7-9H2. The summed E-state index contributed by atoms with van der Waals surface area (Å²) in [6.07, 6.45) is 1.15. The Morgan fingerprint density at radius 3 is 2.29 bits per heavy atom. The van der Waals surface area contributed by atoms with Crippen molar-refractivity contribution in [3.8, 4) is 17.4 Å². The lowest BCUT2D eigenvalue weighted by atomic mass is 10.1. The minimum atomic E-state index is -1.42. The van der Waals surface area contributed by atoms with Gasteiger partial charge in [-0.15, -0.1) is 0 Å². The summed E-state index contributed by atoms with van der Waals surface area (Å²) in [5.74, 6) is -0.211. The van der Waals surface area contributed by atoms with E-state index in [1.165, 1.54) is 0 Å². The molecule has 0 aliphatic heterocycles. The highest BCUT2D eigenvalue weighted by Gasteiger charge is 2.26. The Hall–Kier alpha value is -2.22. The third-order valence-corrected chi connectivity index (χ3v) is 3.00. The van der Waals surface area contributed by atoms with Crippen LogP contribution in [0.15, 0.2) is 39.7 Å². The second-order valence-corrected chi connectivity index (χ2v) is 4.53. The van der Waals surface area contributed by atoms with Gasteiger partial charge in [-0.3, -0.25) is 4.99 Å². The molecule has 0 saturated carbocycles. The molecule has 1 aromatic carbocycles. The van der Waals surface area contributed by atoms with E-state index in [1.54, 1.807) is 24.3 Å². The molecular weight excluding hydrogens is 276 g/mol. The van der Waals surface area contributed by atoms with Crippen LogP contribution in [0.4, 0.5) is 0 Å². The fraction of sp³-hybridized carbons (Fsp3) is 0.286. The number of benzene rings is 1. The van der Waals surface area contributed by atoms with E-state index < -0.39 is 31.3 Å². The van der Waals surface area contributed by atoms with E-state index in [-0.39, 0.29) is 11.6 Å². The van der Waals surface area contributed by atoms with Gasteiger partial charge in [0.15, 0.2) is 5.69 Å². The zero-order valence-electron chi connectivity index (χ0n) is 11.2. The van der Waals surface area contributed by atoms with Crippen molar-refractivity contribution < 1.29 is 24.8 Å². The smallest absolute Gasteiger partial charge is 0.312 e. The normalized spacial score (nSPS) is 12.1. The minimum absolute atomic E-state index is 0.0496. The molecule has 0 unspecified atom stereocenters. The summed E-state index contributed by atoms with van der Waals surface area (Å²) in [6, 6.07) is 8.99. The van der Waals surface area contributed by atoms with Gasteiger partial charge in [-0.05, 0) is 12.1 Å². The fourth-order valence-corrected chi connectivity index (χ4v) is 1.58. The molecule has 0 aliphatic rings. The molecule has 0 bridgehead atoms. The lowest BCUT2D eigenvalue weighted by Gasteiger charge is -2.21. The topological polar surface area (TPSA) is 119 Å². The van der Waals surface area contributed by atoms with Crippen LogP contribution in [0.25, 0.3) is 11.5 Å². The van der Waals surface area contributed by atoms with Crippen LogP contribution in [-0.2, 0) is 0 Å². The molecule has 0 spiro atoms. The number of aliphatic hydroxyl groups excluding tert-OH is 3. The molecule has 7 nitrogen and oxygen atoms in total. The van der Waals surface area contributed by atoms with Crippen LogP contribution in [0.1, 0.15) is 5.69 Å². The van der Waals surface area contributed by atoms with Gasteiger partial charge in [0.1, 0.15) is 5.54 Å². The van der Waals surface area contributed by atoms with E-state index in [9.17, 15) is 5.11 Å². The van der Waals surface area contributed by atoms with Crippen LogP contribution >= 0.6 is 0 Å². The van der Waals surface area contributed by atoms with Crippen LogP contribution in [-0.4, -0.2) is 57.0 Å². The molecule has 1 heterocycles. The molecule has 1 aromatic heterocycles. The van der Waals surface area contributed by atoms with E-state index in [2.05, 4.69) is 9.98 Å².